The Balaban J connectivity index is 2.03. The highest BCUT2D eigenvalue weighted by Crippen LogP contribution is 2.21. The van der Waals surface area contributed by atoms with Gasteiger partial charge in [0.05, 0.1) is 13.2 Å². The van der Waals surface area contributed by atoms with Crippen LogP contribution in [0.25, 0.3) is 10.9 Å². The van der Waals surface area contributed by atoms with Gasteiger partial charge in [-0.05, 0) is 41.3 Å². The van der Waals surface area contributed by atoms with Crippen LogP contribution in [-0.4, -0.2) is 9.67 Å². The second-order valence-electron chi connectivity index (χ2n) is 4.70. The molecule has 102 valence electrons. The third kappa shape index (κ3) is 2.18. The molecule has 1 aromatic heterocycles. The minimum atomic E-state index is -0.543. The molecule has 0 aliphatic heterocycles. The fourth-order valence-corrected chi connectivity index (χ4v) is 2.34. The Hall–Kier alpha value is -2.20. The summed E-state index contributed by atoms with van der Waals surface area (Å²) in [6, 6.07) is 11.3. The van der Waals surface area contributed by atoms with E-state index in [0.29, 0.717) is 0 Å². The molecule has 0 aliphatic carbocycles. The molecule has 4 heteroatoms. The van der Waals surface area contributed by atoms with E-state index < -0.39 is 11.6 Å². The molecule has 0 bridgehead atoms. The molecule has 1 heterocycles. The largest absolute Gasteiger partial charge is 0.392 e. The van der Waals surface area contributed by atoms with Crippen molar-refractivity contribution < 1.29 is 13.9 Å². The Labute approximate surface area is 114 Å². The molecule has 2 nitrogen and oxygen atoms in total. The van der Waals surface area contributed by atoms with Crippen molar-refractivity contribution in [3.05, 3.63) is 71.4 Å². The molecule has 0 unspecified atom stereocenters. The molecular formula is C16H13F2NO. The van der Waals surface area contributed by atoms with Gasteiger partial charge in [-0.3, -0.25) is 0 Å². The Morgan fingerprint density at radius 3 is 2.45 bits per heavy atom. The maximum absolute atomic E-state index is 13.7. The maximum atomic E-state index is 13.7. The Morgan fingerprint density at radius 2 is 1.75 bits per heavy atom. The standard InChI is InChI=1S/C16H13F2NO/c17-14-2-1-3-15(18)13(14)9-19-7-6-12-8-11(10-20)4-5-16(12)19/h1-8,20H,9-10H2. The number of rotatable bonds is 3. The zero-order chi connectivity index (χ0) is 14.1. The van der Waals surface area contributed by atoms with Crippen molar-refractivity contribution in [3.63, 3.8) is 0 Å². The molecule has 0 fully saturated rings. The molecule has 3 rings (SSSR count). The first kappa shape index (κ1) is 12.8. The lowest BCUT2D eigenvalue weighted by molar-refractivity contribution is 0.282. The highest BCUT2D eigenvalue weighted by atomic mass is 19.1. The number of aliphatic hydroxyl groups is 1. The van der Waals surface area contributed by atoms with Crippen LogP contribution in [0.5, 0.6) is 0 Å². The first-order valence-corrected chi connectivity index (χ1v) is 6.30. The summed E-state index contributed by atoms with van der Waals surface area (Å²) in [6.45, 7) is 0.115. The van der Waals surface area contributed by atoms with E-state index in [1.165, 1.54) is 18.2 Å². The quantitative estimate of drug-likeness (QED) is 0.776. The number of halogens is 2. The predicted molar refractivity (Wildman–Crippen MR) is 73.3 cm³/mol. The van der Waals surface area contributed by atoms with Crippen LogP contribution in [0.3, 0.4) is 0 Å². The second-order valence-corrected chi connectivity index (χ2v) is 4.70. The molecule has 0 saturated heterocycles. The number of nitrogens with zero attached hydrogens (tertiary/aromatic N) is 1. The molecule has 0 amide bonds. The number of benzene rings is 2. The normalized spacial score (nSPS) is 11.2. The zero-order valence-corrected chi connectivity index (χ0v) is 10.7. The lowest BCUT2D eigenvalue weighted by Crippen LogP contribution is -2.03. The summed E-state index contributed by atoms with van der Waals surface area (Å²) < 4.78 is 29.1. The van der Waals surface area contributed by atoms with Crippen molar-refractivity contribution >= 4 is 10.9 Å². The average molecular weight is 273 g/mol. The van der Waals surface area contributed by atoms with Gasteiger partial charge in [0.25, 0.3) is 0 Å². The third-order valence-corrected chi connectivity index (χ3v) is 3.41. The minimum Gasteiger partial charge on any atom is -0.392 e. The van der Waals surface area contributed by atoms with Crippen molar-refractivity contribution in [1.82, 2.24) is 4.57 Å². The molecule has 0 atom stereocenters. The molecule has 0 radical (unpaired) electrons. The van der Waals surface area contributed by atoms with E-state index in [1.54, 1.807) is 16.8 Å². The SMILES string of the molecule is OCc1ccc2c(ccn2Cc2c(F)cccc2F)c1. The van der Waals surface area contributed by atoms with Crippen LogP contribution in [0.15, 0.2) is 48.7 Å². The number of aromatic nitrogens is 1. The van der Waals surface area contributed by atoms with E-state index in [1.807, 2.05) is 18.2 Å². The maximum Gasteiger partial charge on any atom is 0.131 e. The van der Waals surface area contributed by atoms with E-state index in [2.05, 4.69) is 0 Å². The van der Waals surface area contributed by atoms with E-state index in [4.69, 9.17) is 5.11 Å². The predicted octanol–water partition coefficient (Wildman–Crippen LogP) is 3.46. The van der Waals surface area contributed by atoms with Gasteiger partial charge >= 0.3 is 0 Å². The van der Waals surface area contributed by atoms with Crippen LogP contribution in [-0.2, 0) is 13.2 Å². The van der Waals surface area contributed by atoms with Crippen LogP contribution < -0.4 is 0 Å². The summed E-state index contributed by atoms with van der Waals surface area (Å²) in [5, 5.41) is 10.0. The van der Waals surface area contributed by atoms with Crippen LogP contribution >= 0.6 is 0 Å². The van der Waals surface area contributed by atoms with Gasteiger partial charge in [0.1, 0.15) is 11.6 Å². The van der Waals surface area contributed by atoms with Crippen LogP contribution in [0.2, 0.25) is 0 Å². The summed E-state index contributed by atoms with van der Waals surface area (Å²) in [4.78, 5) is 0. The van der Waals surface area contributed by atoms with Gasteiger partial charge in [0.2, 0.25) is 0 Å². The molecule has 20 heavy (non-hydrogen) atoms. The number of aliphatic hydroxyl groups excluding tert-OH is 1. The number of fused-ring (bicyclic) bond motifs is 1. The number of hydrogen-bond acceptors (Lipinski definition) is 1. The average Bonchev–Trinajstić information content (AvgIpc) is 2.85. The molecule has 2 aromatic carbocycles. The molecule has 0 spiro atoms. The van der Waals surface area contributed by atoms with Crippen molar-refractivity contribution in [2.75, 3.05) is 0 Å². The van der Waals surface area contributed by atoms with Crippen molar-refractivity contribution in [2.45, 2.75) is 13.2 Å². The van der Waals surface area contributed by atoms with Crippen molar-refractivity contribution in [1.29, 1.82) is 0 Å². The van der Waals surface area contributed by atoms with Crippen LogP contribution in [0.4, 0.5) is 8.78 Å². The van der Waals surface area contributed by atoms with E-state index in [-0.39, 0.29) is 18.7 Å². The van der Waals surface area contributed by atoms with Gasteiger partial charge in [0, 0.05) is 17.3 Å². The Bertz CT molecular complexity index is 744. The summed E-state index contributed by atoms with van der Waals surface area (Å²) in [5.41, 5.74) is 1.74. The van der Waals surface area contributed by atoms with Gasteiger partial charge in [0.15, 0.2) is 0 Å². The highest BCUT2D eigenvalue weighted by Gasteiger charge is 2.10. The van der Waals surface area contributed by atoms with Gasteiger partial charge < -0.3 is 9.67 Å². The molecule has 0 aliphatic rings. The summed E-state index contributed by atoms with van der Waals surface area (Å²) in [7, 11) is 0. The van der Waals surface area contributed by atoms with Gasteiger partial charge in [-0.15, -0.1) is 0 Å². The molecule has 1 N–H and O–H groups in total. The number of hydrogen-bond donors (Lipinski definition) is 1. The molecule has 3 aromatic rings. The fourth-order valence-electron chi connectivity index (χ4n) is 2.34. The van der Waals surface area contributed by atoms with Gasteiger partial charge in [-0.1, -0.05) is 12.1 Å². The lowest BCUT2D eigenvalue weighted by Gasteiger charge is -2.08. The van der Waals surface area contributed by atoms with E-state index >= 15 is 0 Å². The van der Waals surface area contributed by atoms with Crippen LogP contribution in [0, 0.1) is 11.6 Å². The second kappa shape index (κ2) is 5.06. The summed E-state index contributed by atoms with van der Waals surface area (Å²) in [5.74, 6) is -1.09. The van der Waals surface area contributed by atoms with Gasteiger partial charge in [-0.25, -0.2) is 8.78 Å². The van der Waals surface area contributed by atoms with Crippen LogP contribution in [0.1, 0.15) is 11.1 Å². The topological polar surface area (TPSA) is 25.2 Å². The highest BCUT2D eigenvalue weighted by molar-refractivity contribution is 5.81. The first-order valence-electron chi connectivity index (χ1n) is 6.30. The van der Waals surface area contributed by atoms with Crippen molar-refractivity contribution in [3.8, 4) is 0 Å². The van der Waals surface area contributed by atoms with E-state index in [9.17, 15) is 8.78 Å². The summed E-state index contributed by atoms with van der Waals surface area (Å²) >= 11 is 0. The zero-order valence-electron chi connectivity index (χ0n) is 10.7. The van der Waals surface area contributed by atoms with Gasteiger partial charge in [-0.2, -0.15) is 0 Å². The third-order valence-electron chi connectivity index (χ3n) is 3.41. The Morgan fingerprint density at radius 1 is 1.00 bits per heavy atom. The monoisotopic (exact) mass is 273 g/mol. The van der Waals surface area contributed by atoms with E-state index in [0.717, 1.165) is 16.5 Å². The Kier molecular flexibility index (Phi) is 3.24. The minimum absolute atomic E-state index is 0.0247. The lowest BCUT2D eigenvalue weighted by atomic mass is 10.1. The van der Waals surface area contributed by atoms with Crippen molar-refractivity contribution in [2.24, 2.45) is 0 Å². The smallest absolute Gasteiger partial charge is 0.131 e. The fraction of sp³-hybridized carbons (Fsp3) is 0.125. The molecule has 0 saturated carbocycles. The molecular weight excluding hydrogens is 260 g/mol. The first-order chi connectivity index (χ1) is 9.69. The summed E-state index contributed by atoms with van der Waals surface area (Å²) in [6.07, 6.45) is 1.79.